The SMILES string of the molecule is CC1=NO[C@]2(CC(=O)C[C@H](c3ccccc3)C2)[C@H]1[N+](=O)[O-]. The van der Waals surface area contributed by atoms with E-state index in [0.29, 0.717) is 18.6 Å². The molecule has 1 aromatic rings. The number of ketones is 1. The maximum Gasteiger partial charge on any atom is 0.295 e. The van der Waals surface area contributed by atoms with Crippen molar-refractivity contribution in [1.82, 2.24) is 0 Å². The van der Waals surface area contributed by atoms with Crippen molar-refractivity contribution in [1.29, 1.82) is 0 Å². The summed E-state index contributed by atoms with van der Waals surface area (Å²) in [5.74, 6) is -0.0668. The molecule has 0 bridgehead atoms. The quantitative estimate of drug-likeness (QED) is 0.617. The lowest BCUT2D eigenvalue weighted by Crippen LogP contribution is -2.52. The summed E-state index contributed by atoms with van der Waals surface area (Å²) in [5.41, 5.74) is 0.227. The highest BCUT2D eigenvalue weighted by molar-refractivity contribution is 5.90. The fraction of sp³-hybridized carbons (Fsp3) is 0.467. The highest BCUT2D eigenvalue weighted by Gasteiger charge is 2.59. The number of hydrogen-bond donors (Lipinski definition) is 0. The monoisotopic (exact) mass is 288 g/mol. The fourth-order valence-electron chi connectivity index (χ4n) is 3.47. The molecular formula is C15H16N2O4. The van der Waals surface area contributed by atoms with Gasteiger partial charge in [0, 0.05) is 17.8 Å². The first-order chi connectivity index (χ1) is 10.0. The van der Waals surface area contributed by atoms with E-state index in [1.807, 2.05) is 30.3 Å². The molecule has 0 aromatic heterocycles. The van der Waals surface area contributed by atoms with E-state index in [4.69, 9.17) is 4.84 Å². The van der Waals surface area contributed by atoms with Gasteiger partial charge in [-0.25, -0.2) is 0 Å². The van der Waals surface area contributed by atoms with Crippen LogP contribution in [0, 0.1) is 10.1 Å². The normalized spacial score (nSPS) is 31.9. The van der Waals surface area contributed by atoms with Crippen molar-refractivity contribution in [3.05, 3.63) is 46.0 Å². The highest BCUT2D eigenvalue weighted by atomic mass is 16.7. The summed E-state index contributed by atoms with van der Waals surface area (Å²) in [7, 11) is 0. The molecule has 1 aliphatic carbocycles. The van der Waals surface area contributed by atoms with Crippen molar-refractivity contribution in [2.75, 3.05) is 0 Å². The van der Waals surface area contributed by atoms with Crippen LogP contribution in [0.2, 0.25) is 0 Å². The van der Waals surface area contributed by atoms with Crippen LogP contribution >= 0.6 is 0 Å². The van der Waals surface area contributed by atoms with E-state index >= 15 is 0 Å². The van der Waals surface area contributed by atoms with E-state index in [1.165, 1.54) is 0 Å². The Morgan fingerprint density at radius 3 is 2.76 bits per heavy atom. The molecule has 0 amide bonds. The standard InChI is InChI=1S/C15H16N2O4/c1-10-14(17(19)20)15(21-16-10)8-12(7-13(18)9-15)11-5-3-2-4-6-11/h2-6,12,14H,7-9H2,1H3/t12-,14-,15+/m0/s1. The molecule has 3 atom stereocenters. The minimum absolute atomic E-state index is 0.00754. The number of oxime groups is 1. The van der Waals surface area contributed by atoms with Gasteiger partial charge >= 0.3 is 0 Å². The molecule has 21 heavy (non-hydrogen) atoms. The maximum atomic E-state index is 12.1. The molecule has 0 saturated heterocycles. The van der Waals surface area contributed by atoms with Crippen LogP contribution in [0.5, 0.6) is 0 Å². The molecular weight excluding hydrogens is 272 g/mol. The lowest BCUT2D eigenvalue weighted by Gasteiger charge is -2.35. The number of carbonyl (C=O) groups excluding carboxylic acids is 1. The second-order valence-electron chi connectivity index (χ2n) is 5.81. The van der Waals surface area contributed by atoms with Crippen molar-refractivity contribution in [3.63, 3.8) is 0 Å². The third kappa shape index (κ3) is 2.30. The van der Waals surface area contributed by atoms with Crippen LogP contribution in [-0.4, -0.2) is 28.1 Å². The Morgan fingerprint density at radius 2 is 2.10 bits per heavy atom. The third-order valence-electron chi connectivity index (χ3n) is 4.31. The van der Waals surface area contributed by atoms with E-state index in [-0.39, 0.29) is 23.0 Å². The zero-order valence-electron chi connectivity index (χ0n) is 11.7. The molecule has 1 aromatic carbocycles. The first kappa shape index (κ1) is 13.7. The topological polar surface area (TPSA) is 81.8 Å². The number of nitro groups is 1. The van der Waals surface area contributed by atoms with Crippen LogP contribution in [0.4, 0.5) is 0 Å². The van der Waals surface area contributed by atoms with Gasteiger partial charge in [0.15, 0.2) is 0 Å². The van der Waals surface area contributed by atoms with Crippen LogP contribution in [-0.2, 0) is 9.63 Å². The minimum Gasteiger partial charge on any atom is -0.381 e. The molecule has 3 rings (SSSR count). The molecule has 0 unspecified atom stereocenters. The number of rotatable bonds is 2. The molecule has 6 heteroatoms. The molecule has 1 saturated carbocycles. The van der Waals surface area contributed by atoms with Crippen LogP contribution in [0.3, 0.4) is 0 Å². The summed E-state index contributed by atoms with van der Waals surface area (Å²) in [6.07, 6.45) is 0.899. The predicted molar refractivity (Wildman–Crippen MR) is 75.7 cm³/mol. The smallest absolute Gasteiger partial charge is 0.295 e. The summed E-state index contributed by atoms with van der Waals surface area (Å²) < 4.78 is 0. The Morgan fingerprint density at radius 1 is 1.38 bits per heavy atom. The zero-order chi connectivity index (χ0) is 15.0. The van der Waals surface area contributed by atoms with Crippen LogP contribution < -0.4 is 0 Å². The molecule has 6 nitrogen and oxygen atoms in total. The first-order valence-corrected chi connectivity index (χ1v) is 6.95. The van der Waals surface area contributed by atoms with Gasteiger partial charge in [-0.2, -0.15) is 0 Å². The third-order valence-corrected chi connectivity index (χ3v) is 4.31. The van der Waals surface area contributed by atoms with Crippen molar-refractivity contribution in [3.8, 4) is 0 Å². The van der Waals surface area contributed by atoms with E-state index in [1.54, 1.807) is 6.92 Å². The lowest BCUT2D eigenvalue weighted by atomic mass is 9.71. The van der Waals surface area contributed by atoms with Gasteiger partial charge in [-0.1, -0.05) is 35.5 Å². The van der Waals surface area contributed by atoms with Gasteiger partial charge in [-0.3, -0.25) is 14.9 Å². The van der Waals surface area contributed by atoms with Gasteiger partial charge in [0.05, 0.1) is 6.42 Å². The van der Waals surface area contributed by atoms with E-state index in [0.717, 1.165) is 5.56 Å². The summed E-state index contributed by atoms with van der Waals surface area (Å²) in [5, 5.41) is 15.2. The lowest BCUT2D eigenvalue weighted by molar-refractivity contribution is -0.523. The van der Waals surface area contributed by atoms with Gasteiger partial charge in [-0.05, 0) is 18.4 Å². The molecule has 1 heterocycles. The van der Waals surface area contributed by atoms with Crippen molar-refractivity contribution < 1.29 is 14.6 Å². The maximum absolute atomic E-state index is 12.1. The molecule has 1 spiro atoms. The molecule has 1 aliphatic heterocycles. The summed E-state index contributed by atoms with van der Waals surface area (Å²) in [4.78, 5) is 28.5. The van der Waals surface area contributed by atoms with E-state index < -0.39 is 11.6 Å². The number of carbonyl (C=O) groups is 1. The summed E-state index contributed by atoms with van der Waals surface area (Å²) in [6, 6.07) is 8.57. The van der Waals surface area contributed by atoms with Gasteiger partial charge in [0.2, 0.25) is 5.60 Å². The highest BCUT2D eigenvalue weighted by Crippen LogP contribution is 2.44. The molecule has 0 radical (unpaired) electrons. The van der Waals surface area contributed by atoms with E-state index in [2.05, 4.69) is 5.16 Å². The number of hydrogen-bond acceptors (Lipinski definition) is 5. The van der Waals surface area contributed by atoms with Gasteiger partial charge in [0.1, 0.15) is 11.5 Å². The molecule has 2 aliphatic rings. The van der Waals surface area contributed by atoms with Crippen molar-refractivity contribution in [2.45, 2.75) is 43.7 Å². The molecule has 0 N–H and O–H groups in total. The number of benzene rings is 1. The average molecular weight is 288 g/mol. The van der Waals surface area contributed by atoms with Crippen LogP contribution in [0.25, 0.3) is 0 Å². The van der Waals surface area contributed by atoms with Gasteiger partial charge in [0.25, 0.3) is 6.04 Å². The van der Waals surface area contributed by atoms with Gasteiger partial charge in [-0.15, -0.1) is 0 Å². The summed E-state index contributed by atoms with van der Waals surface area (Å²) >= 11 is 0. The Balaban J connectivity index is 1.94. The minimum atomic E-state index is -1.12. The largest absolute Gasteiger partial charge is 0.381 e. The first-order valence-electron chi connectivity index (χ1n) is 6.95. The van der Waals surface area contributed by atoms with Crippen molar-refractivity contribution >= 4 is 11.5 Å². The van der Waals surface area contributed by atoms with E-state index in [9.17, 15) is 14.9 Å². The Labute approximate surface area is 121 Å². The second kappa shape index (κ2) is 4.95. The zero-order valence-corrected chi connectivity index (χ0v) is 11.7. The predicted octanol–water partition coefficient (Wildman–Crippen LogP) is 2.31. The fourth-order valence-corrected chi connectivity index (χ4v) is 3.47. The van der Waals surface area contributed by atoms with Crippen LogP contribution in [0.1, 0.15) is 37.7 Å². The Bertz CT molecular complexity index is 613. The summed E-state index contributed by atoms with van der Waals surface area (Å²) in [6.45, 7) is 1.58. The number of nitrogens with zero attached hydrogens (tertiary/aromatic N) is 2. The Kier molecular flexibility index (Phi) is 3.23. The van der Waals surface area contributed by atoms with Crippen molar-refractivity contribution in [2.24, 2.45) is 5.16 Å². The number of Topliss-reactive ketones (excluding diaryl/α,β-unsaturated/α-hetero) is 1. The molecule has 110 valence electrons. The Hall–Kier alpha value is -2.24. The molecule has 1 fully saturated rings. The van der Waals surface area contributed by atoms with Crippen LogP contribution in [0.15, 0.2) is 35.5 Å². The van der Waals surface area contributed by atoms with Gasteiger partial charge < -0.3 is 4.84 Å². The second-order valence-corrected chi connectivity index (χ2v) is 5.81. The average Bonchev–Trinajstić information content (AvgIpc) is 2.75.